The summed E-state index contributed by atoms with van der Waals surface area (Å²) in [6.45, 7) is 3.99. The van der Waals surface area contributed by atoms with Crippen LogP contribution in [0.25, 0.3) is 10.9 Å². The monoisotopic (exact) mass is 321 g/mol. The van der Waals surface area contributed by atoms with E-state index in [9.17, 15) is 13.6 Å². The maximum absolute atomic E-state index is 13.3. The van der Waals surface area contributed by atoms with Gasteiger partial charge in [-0.05, 0) is 12.0 Å². The van der Waals surface area contributed by atoms with Crippen LogP contribution in [-0.4, -0.2) is 15.9 Å². The minimum Gasteiger partial charge on any atom is -0.359 e. The van der Waals surface area contributed by atoms with E-state index in [0.29, 0.717) is 21.6 Å². The Hall–Kier alpha value is -2.28. The third-order valence-electron chi connectivity index (χ3n) is 3.28. The SMILES string of the molecule is CC(C)c1csc(C(=O)Nc2c[nH]c3cc(F)c(F)cc23)n1. The number of thiazole rings is 1. The van der Waals surface area contributed by atoms with Crippen LogP contribution in [0.4, 0.5) is 14.5 Å². The number of benzene rings is 1. The Morgan fingerprint density at radius 1 is 1.32 bits per heavy atom. The van der Waals surface area contributed by atoms with Gasteiger partial charge in [0.25, 0.3) is 5.91 Å². The number of anilines is 1. The van der Waals surface area contributed by atoms with Crippen molar-refractivity contribution in [1.29, 1.82) is 0 Å². The third-order valence-corrected chi connectivity index (χ3v) is 4.14. The molecule has 0 saturated carbocycles. The van der Waals surface area contributed by atoms with E-state index in [-0.39, 0.29) is 11.8 Å². The topological polar surface area (TPSA) is 57.8 Å². The summed E-state index contributed by atoms with van der Waals surface area (Å²) in [7, 11) is 0. The Morgan fingerprint density at radius 3 is 2.73 bits per heavy atom. The van der Waals surface area contributed by atoms with Crippen molar-refractivity contribution in [2.24, 2.45) is 0 Å². The number of hydrogen-bond donors (Lipinski definition) is 2. The van der Waals surface area contributed by atoms with Gasteiger partial charge >= 0.3 is 0 Å². The molecule has 3 aromatic rings. The van der Waals surface area contributed by atoms with Crippen molar-refractivity contribution in [2.75, 3.05) is 5.32 Å². The summed E-state index contributed by atoms with van der Waals surface area (Å²) in [4.78, 5) is 19.3. The number of nitrogens with one attached hydrogen (secondary N) is 2. The number of amides is 1. The summed E-state index contributed by atoms with van der Waals surface area (Å²) in [6, 6.07) is 2.11. The molecule has 0 bridgehead atoms. The molecule has 0 saturated heterocycles. The maximum atomic E-state index is 13.3. The standard InChI is InChI=1S/C15H13F2N3OS/c1-7(2)13-6-22-15(20-13)14(21)19-12-5-18-11-4-10(17)9(16)3-8(11)12/h3-7,18H,1-2H3,(H,19,21). The van der Waals surface area contributed by atoms with E-state index < -0.39 is 11.6 Å². The summed E-state index contributed by atoms with van der Waals surface area (Å²) < 4.78 is 26.5. The molecule has 0 aliphatic heterocycles. The van der Waals surface area contributed by atoms with Crippen molar-refractivity contribution in [1.82, 2.24) is 9.97 Å². The van der Waals surface area contributed by atoms with Crippen molar-refractivity contribution >= 4 is 33.8 Å². The summed E-state index contributed by atoms with van der Waals surface area (Å²) in [5, 5.41) is 5.25. The lowest BCUT2D eigenvalue weighted by molar-refractivity contribution is 0.102. The number of H-pyrrole nitrogens is 1. The molecule has 0 spiro atoms. The zero-order valence-corrected chi connectivity index (χ0v) is 12.7. The average Bonchev–Trinajstić information content (AvgIpc) is 3.08. The number of nitrogens with zero attached hydrogens (tertiary/aromatic N) is 1. The minimum absolute atomic E-state index is 0.239. The number of hydrogen-bond acceptors (Lipinski definition) is 3. The zero-order chi connectivity index (χ0) is 15.9. The van der Waals surface area contributed by atoms with E-state index in [4.69, 9.17) is 0 Å². The van der Waals surface area contributed by atoms with Gasteiger partial charge in [-0.3, -0.25) is 4.79 Å². The van der Waals surface area contributed by atoms with Crippen LogP contribution < -0.4 is 5.32 Å². The van der Waals surface area contributed by atoms with Gasteiger partial charge in [-0.25, -0.2) is 13.8 Å². The van der Waals surface area contributed by atoms with E-state index in [1.54, 1.807) is 0 Å². The molecular weight excluding hydrogens is 308 g/mol. The molecule has 0 radical (unpaired) electrons. The number of rotatable bonds is 3. The lowest BCUT2D eigenvalue weighted by Crippen LogP contribution is -2.11. The largest absolute Gasteiger partial charge is 0.359 e. The number of fused-ring (bicyclic) bond motifs is 1. The van der Waals surface area contributed by atoms with Gasteiger partial charge in [-0.15, -0.1) is 11.3 Å². The number of aromatic amines is 1. The van der Waals surface area contributed by atoms with Crippen molar-refractivity contribution in [3.05, 3.63) is 46.0 Å². The second-order valence-corrected chi connectivity index (χ2v) is 6.06. The lowest BCUT2D eigenvalue weighted by Gasteiger charge is -2.02. The van der Waals surface area contributed by atoms with Gasteiger partial charge in [0.05, 0.1) is 16.9 Å². The fraction of sp³-hybridized carbons (Fsp3) is 0.200. The Balaban J connectivity index is 1.89. The van der Waals surface area contributed by atoms with Crippen molar-refractivity contribution in [2.45, 2.75) is 19.8 Å². The van der Waals surface area contributed by atoms with E-state index >= 15 is 0 Å². The second-order valence-electron chi connectivity index (χ2n) is 5.20. The molecule has 22 heavy (non-hydrogen) atoms. The van der Waals surface area contributed by atoms with Crippen LogP contribution in [0.1, 0.15) is 35.3 Å². The molecule has 114 valence electrons. The molecule has 1 aromatic carbocycles. The molecule has 0 aliphatic rings. The van der Waals surface area contributed by atoms with Gasteiger partial charge in [0.2, 0.25) is 0 Å². The Labute approximate surface area is 129 Å². The van der Waals surface area contributed by atoms with Crippen LogP contribution in [0, 0.1) is 11.6 Å². The van der Waals surface area contributed by atoms with Crippen LogP contribution in [0.2, 0.25) is 0 Å². The van der Waals surface area contributed by atoms with Gasteiger partial charge in [0, 0.05) is 23.0 Å². The predicted molar refractivity (Wildman–Crippen MR) is 82.4 cm³/mol. The number of carbonyl (C=O) groups is 1. The van der Waals surface area contributed by atoms with Crippen molar-refractivity contribution < 1.29 is 13.6 Å². The number of halogens is 2. The van der Waals surface area contributed by atoms with Crippen molar-refractivity contribution in [3.8, 4) is 0 Å². The maximum Gasteiger partial charge on any atom is 0.284 e. The number of aromatic nitrogens is 2. The van der Waals surface area contributed by atoms with Crippen molar-refractivity contribution in [3.63, 3.8) is 0 Å². The van der Waals surface area contributed by atoms with Crippen LogP contribution in [0.15, 0.2) is 23.7 Å². The highest BCUT2D eigenvalue weighted by Crippen LogP contribution is 2.26. The molecular formula is C15H13F2N3OS. The van der Waals surface area contributed by atoms with E-state index in [1.807, 2.05) is 19.2 Å². The zero-order valence-electron chi connectivity index (χ0n) is 11.9. The summed E-state index contributed by atoms with van der Waals surface area (Å²) in [6.07, 6.45) is 1.50. The number of carbonyl (C=O) groups excluding carboxylic acids is 1. The summed E-state index contributed by atoms with van der Waals surface area (Å²) in [5.74, 6) is -2.03. The molecule has 2 heterocycles. The second kappa shape index (κ2) is 5.49. The molecule has 0 unspecified atom stereocenters. The molecule has 2 aromatic heterocycles. The fourth-order valence-corrected chi connectivity index (χ4v) is 2.93. The molecule has 3 rings (SSSR count). The summed E-state index contributed by atoms with van der Waals surface area (Å²) >= 11 is 1.25. The van der Waals surface area contributed by atoms with Crippen LogP contribution >= 0.6 is 11.3 Å². The van der Waals surface area contributed by atoms with E-state index in [2.05, 4.69) is 15.3 Å². The Morgan fingerprint density at radius 2 is 2.05 bits per heavy atom. The molecule has 0 atom stereocenters. The predicted octanol–water partition coefficient (Wildman–Crippen LogP) is 4.28. The molecule has 0 fully saturated rings. The van der Waals surface area contributed by atoms with E-state index in [0.717, 1.165) is 17.8 Å². The smallest absolute Gasteiger partial charge is 0.284 e. The minimum atomic E-state index is -0.959. The van der Waals surface area contributed by atoms with Gasteiger partial charge in [0.1, 0.15) is 0 Å². The highest BCUT2D eigenvalue weighted by Gasteiger charge is 2.16. The van der Waals surface area contributed by atoms with Gasteiger partial charge in [-0.2, -0.15) is 0 Å². The average molecular weight is 321 g/mol. The molecule has 1 amide bonds. The van der Waals surface area contributed by atoms with Crippen LogP contribution in [0.5, 0.6) is 0 Å². The molecule has 0 aliphatic carbocycles. The highest BCUT2D eigenvalue weighted by molar-refractivity contribution is 7.11. The molecule has 2 N–H and O–H groups in total. The first-order valence-corrected chi connectivity index (χ1v) is 7.56. The van der Waals surface area contributed by atoms with Gasteiger partial charge in [0.15, 0.2) is 16.6 Å². The molecule has 4 nitrogen and oxygen atoms in total. The van der Waals surface area contributed by atoms with Crippen LogP contribution in [-0.2, 0) is 0 Å². The first-order chi connectivity index (χ1) is 10.5. The van der Waals surface area contributed by atoms with Gasteiger partial charge in [-0.1, -0.05) is 13.8 Å². The normalized spacial score (nSPS) is 11.3. The van der Waals surface area contributed by atoms with E-state index in [1.165, 1.54) is 17.5 Å². The Kier molecular flexibility index (Phi) is 3.66. The van der Waals surface area contributed by atoms with Crippen LogP contribution in [0.3, 0.4) is 0 Å². The lowest BCUT2D eigenvalue weighted by atomic mass is 10.2. The first kappa shape index (κ1) is 14.6. The third kappa shape index (κ3) is 2.59. The Bertz CT molecular complexity index is 854. The van der Waals surface area contributed by atoms with Gasteiger partial charge < -0.3 is 10.3 Å². The molecule has 7 heteroatoms. The summed E-state index contributed by atoms with van der Waals surface area (Å²) in [5.41, 5.74) is 1.65. The highest BCUT2D eigenvalue weighted by atomic mass is 32.1. The first-order valence-electron chi connectivity index (χ1n) is 6.68. The fourth-order valence-electron chi connectivity index (χ4n) is 2.05. The quantitative estimate of drug-likeness (QED) is 0.756.